The number of amides is 1. The summed E-state index contributed by atoms with van der Waals surface area (Å²) < 4.78 is 14.8. The molecule has 2 aromatic heterocycles. The number of hydrogen-bond acceptors (Lipinski definition) is 3. The Morgan fingerprint density at radius 2 is 1.71 bits per heavy atom. The van der Waals surface area contributed by atoms with E-state index in [1.807, 2.05) is 12.1 Å². The van der Waals surface area contributed by atoms with Crippen molar-refractivity contribution in [2.24, 2.45) is 0 Å². The first-order chi connectivity index (χ1) is 14.7. The van der Waals surface area contributed by atoms with Crippen molar-refractivity contribution in [2.45, 2.75) is 32.7 Å². The highest BCUT2D eigenvalue weighted by Gasteiger charge is 2.18. The zero-order valence-corrected chi connectivity index (χ0v) is 18.2. The van der Waals surface area contributed by atoms with Crippen LogP contribution in [0.15, 0.2) is 60.7 Å². The fourth-order valence-electron chi connectivity index (χ4n) is 3.34. The lowest BCUT2D eigenvalue weighted by atomic mass is 9.86. The molecule has 7 heteroatoms. The van der Waals surface area contributed by atoms with Crippen molar-refractivity contribution in [2.75, 3.05) is 0 Å². The van der Waals surface area contributed by atoms with E-state index in [-0.39, 0.29) is 17.9 Å². The molecule has 5 nitrogen and oxygen atoms in total. The number of imidazole rings is 1. The average Bonchev–Trinajstić information content (AvgIpc) is 3.09. The Bertz CT molecular complexity index is 1240. The fraction of sp³-hybridized carbons (Fsp3) is 0.208. The van der Waals surface area contributed by atoms with Crippen molar-refractivity contribution in [3.63, 3.8) is 0 Å². The van der Waals surface area contributed by atoms with Crippen LogP contribution in [0, 0.1) is 5.82 Å². The Hall–Kier alpha value is -3.25. The number of hydrogen-bond donors (Lipinski definition) is 1. The minimum absolute atomic E-state index is 0.0402. The Labute approximate surface area is 184 Å². The summed E-state index contributed by atoms with van der Waals surface area (Å²) >= 11 is 6.11. The number of nitrogens with zero attached hydrogens (tertiary/aromatic N) is 3. The summed E-state index contributed by atoms with van der Waals surface area (Å²) in [7, 11) is 0. The standard InChI is InChI=1S/C24H22ClFN4O/c1-24(2,3)17-8-4-15(5-9-17)22-19(30-21(28-22)13-12-20(25)29-30)14-27-23(31)16-6-10-18(26)11-7-16/h4-13H,14H2,1-3H3,(H,27,31). The second-order valence-corrected chi connectivity index (χ2v) is 8.74. The van der Waals surface area contributed by atoms with Crippen molar-refractivity contribution in [1.82, 2.24) is 19.9 Å². The quantitative estimate of drug-likeness (QED) is 0.465. The normalized spacial score (nSPS) is 11.6. The number of rotatable bonds is 4. The van der Waals surface area contributed by atoms with Gasteiger partial charge in [0.15, 0.2) is 5.65 Å². The largest absolute Gasteiger partial charge is 0.346 e. The van der Waals surface area contributed by atoms with Crippen LogP contribution in [0.5, 0.6) is 0 Å². The maximum absolute atomic E-state index is 13.2. The molecule has 0 spiro atoms. The van der Waals surface area contributed by atoms with E-state index in [1.54, 1.807) is 16.6 Å². The van der Waals surface area contributed by atoms with Crippen molar-refractivity contribution >= 4 is 23.2 Å². The van der Waals surface area contributed by atoms with Gasteiger partial charge in [-0.3, -0.25) is 4.79 Å². The second-order valence-electron chi connectivity index (χ2n) is 8.35. The van der Waals surface area contributed by atoms with Gasteiger partial charge in [0.2, 0.25) is 0 Å². The van der Waals surface area contributed by atoms with Crippen LogP contribution in [-0.2, 0) is 12.0 Å². The zero-order chi connectivity index (χ0) is 22.2. The highest BCUT2D eigenvalue weighted by molar-refractivity contribution is 6.29. The summed E-state index contributed by atoms with van der Waals surface area (Å²) in [5, 5.41) is 7.56. The number of aromatic nitrogens is 3. The molecule has 0 atom stereocenters. The molecule has 4 aromatic rings. The van der Waals surface area contributed by atoms with E-state index in [9.17, 15) is 9.18 Å². The van der Waals surface area contributed by atoms with Crippen molar-refractivity contribution in [3.05, 3.63) is 88.5 Å². The van der Waals surface area contributed by atoms with Gasteiger partial charge >= 0.3 is 0 Å². The molecule has 2 heterocycles. The fourth-order valence-corrected chi connectivity index (χ4v) is 3.48. The molecule has 158 valence electrons. The maximum atomic E-state index is 13.2. The van der Waals surface area contributed by atoms with Crippen LogP contribution in [0.1, 0.15) is 42.4 Å². The summed E-state index contributed by atoms with van der Waals surface area (Å²) in [6.45, 7) is 6.67. The molecule has 0 aliphatic carbocycles. The van der Waals surface area contributed by atoms with E-state index in [2.05, 4.69) is 43.3 Å². The highest BCUT2D eigenvalue weighted by atomic mass is 35.5. The molecule has 0 aliphatic rings. The molecule has 2 aromatic carbocycles. The van der Waals surface area contributed by atoms with Crippen molar-refractivity contribution in [3.8, 4) is 11.3 Å². The molecule has 0 saturated carbocycles. The molecule has 1 amide bonds. The summed E-state index contributed by atoms with van der Waals surface area (Å²) in [4.78, 5) is 17.3. The molecule has 0 fully saturated rings. The second kappa shape index (κ2) is 8.12. The molecule has 0 unspecified atom stereocenters. The van der Waals surface area contributed by atoms with E-state index >= 15 is 0 Å². The van der Waals surface area contributed by atoms with Crippen LogP contribution >= 0.6 is 11.6 Å². The molecular weight excluding hydrogens is 415 g/mol. The van der Waals surface area contributed by atoms with E-state index in [0.29, 0.717) is 22.1 Å². The first kappa shape index (κ1) is 21.0. The van der Waals surface area contributed by atoms with Gasteiger partial charge in [0.05, 0.1) is 17.9 Å². The van der Waals surface area contributed by atoms with E-state index in [0.717, 1.165) is 11.3 Å². The summed E-state index contributed by atoms with van der Waals surface area (Å²) in [5.74, 6) is -0.704. The number of halogens is 2. The van der Waals surface area contributed by atoms with Gasteiger partial charge in [-0.05, 0) is 47.4 Å². The first-order valence-electron chi connectivity index (χ1n) is 9.91. The van der Waals surface area contributed by atoms with Crippen LogP contribution < -0.4 is 5.32 Å². The first-order valence-corrected chi connectivity index (χ1v) is 10.3. The van der Waals surface area contributed by atoms with E-state index in [1.165, 1.54) is 29.8 Å². The lowest BCUT2D eigenvalue weighted by molar-refractivity contribution is 0.0950. The van der Waals surface area contributed by atoms with Gasteiger partial charge in [0, 0.05) is 11.1 Å². The SMILES string of the molecule is CC(C)(C)c1ccc(-c2nc3ccc(Cl)nn3c2CNC(=O)c2ccc(F)cc2)cc1. The monoisotopic (exact) mass is 436 g/mol. The van der Waals surface area contributed by atoms with Crippen LogP contribution in [0.2, 0.25) is 5.15 Å². The van der Waals surface area contributed by atoms with E-state index < -0.39 is 5.82 Å². The van der Waals surface area contributed by atoms with Crippen molar-refractivity contribution in [1.29, 1.82) is 0 Å². The molecule has 31 heavy (non-hydrogen) atoms. The van der Waals surface area contributed by atoms with Gasteiger partial charge in [0.25, 0.3) is 5.91 Å². The Balaban J connectivity index is 1.70. The van der Waals surface area contributed by atoms with Crippen LogP contribution in [-0.4, -0.2) is 20.5 Å². The topological polar surface area (TPSA) is 59.3 Å². The average molecular weight is 437 g/mol. The van der Waals surface area contributed by atoms with Crippen LogP contribution in [0.4, 0.5) is 4.39 Å². The number of fused-ring (bicyclic) bond motifs is 1. The Morgan fingerprint density at radius 3 is 2.35 bits per heavy atom. The minimum atomic E-state index is -0.391. The number of carbonyl (C=O) groups is 1. The van der Waals surface area contributed by atoms with Gasteiger partial charge in [-0.2, -0.15) is 5.10 Å². The third kappa shape index (κ3) is 4.44. The lowest BCUT2D eigenvalue weighted by Crippen LogP contribution is -2.24. The molecule has 1 N–H and O–H groups in total. The molecule has 0 radical (unpaired) electrons. The molecule has 0 bridgehead atoms. The molecule has 0 saturated heterocycles. The number of carbonyl (C=O) groups excluding carboxylic acids is 1. The van der Waals surface area contributed by atoms with Crippen molar-refractivity contribution < 1.29 is 9.18 Å². The molecule has 4 rings (SSSR count). The Morgan fingerprint density at radius 1 is 1.03 bits per heavy atom. The third-order valence-corrected chi connectivity index (χ3v) is 5.29. The highest BCUT2D eigenvalue weighted by Crippen LogP contribution is 2.28. The zero-order valence-electron chi connectivity index (χ0n) is 17.5. The lowest BCUT2D eigenvalue weighted by Gasteiger charge is -2.19. The van der Waals surface area contributed by atoms with Gasteiger partial charge in [-0.25, -0.2) is 13.9 Å². The van der Waals surface area contributed by atoms with Gasteiger partial charge < -0.3 is 5.32 Å². The summed E-state index contributed by atoms with van der Waals surface area (Å²) in [5.41, 5.74) is 4.60. The summed E-state index contributed by atoms with van der Waals surface area (Å²) in [6, 6.07) is 17.1. The van der Waals surface area contributed by atoms with E-state index in [4.69, 9.17) is 16.6 Å². The van der Waals surface area contributed by atoms with Gasteiger partial charge in [0.1, 0.15) is 11.0 Å². The van der Waals surface area contributed by atoms with Crippen LogP contribution in [0.25, 0.3) is 16.9 Å². The third-order valence-electron chi connectivity index (χ3n) is 5.09. The number of nitrogens with one attached hydrogen (secondary N) is 1. The number of benzene rings is 2. The molecular formula is C24H22ClFN4O. The predicted octanol–water partition coefficient (Wildman–Crippen LogP) is 5.42. The predicted molar refractivity (Wildman–Crippen MR) is 120 cm³/mol. The maximum Gasteiger partial charge on any atom is 0.251 e. The van der Waals surface area contributed by atoms with Gasteiger partial charge in [-0.15, -0.1) is 0 Å². The smallest absolute Gasteiger partial charge is 0.251 e. The minimum Gasteiger partial charge on any atom is -0.346 e. The molecule has 0 aliphatic heterocycles. The van der Waals surface area contributed by atoms with Gasteiger partial charge in [-0.1, -0.05) is 56.6 Å². The van der Waals surface area contributed by atoms with Crippen LogP contribution in [0.3, 0.4) is 0 Å². The summed E-state index contributed by atoms with van der Waals surface area (Å²) in [6.07, 6.45) is 0. The Kier molecular flexibility index (Phi) is 5.50.